The molecule has 0 aromatic heterocycles. The van der Waals surface area contributed by atoms with Gasteiger partial charge in [0.2, 0.25) is 0 Å². The third-order valence-corrected chi connectivity index (χ3v) is 3.51. The molecule has 1 rings (SSSR count). The van der Waals surface area contributed by atoms with Gasteiger partial charge in [-0.1, -0.05) is 12.1 Å². The number of hydrogen-bond acceptors (Lipinski definition) is 4. The van der Waals surface area contributed by atoms with Crippen LogP contribution in [0.2, 0.25) is 0 Å². The fourth-order valence-electron chi connectivity index (χ4n) is 1.60. The molecule has 0 fully saturated rings. The second-order valence-corrected chi connectivity index (χ2v) is 4.98. The minimum atomic E-state index is -0.148. The Bertz CT molecular complexity index is 446. The lowest BCUT2D eigenvalue weighted by Crippen LogP contribution is -2.37. The van der Waals surface area contributed by atoms with Gasteiger partial charge in [0, 0.05) is 22.9 Å². The van der Waals surface area contributed by atoms with Crippen LogP contribution in [-0.2, 0) is 0 Å². The lowest BCUT2D eigenvalue weighted by molar-refractivity contribution is 0.0937. The lowest BCUT2D eigenvalue weighted by Gasteiger charge is -2.16. The number of nitrogens with two attached hydrogens (primary N) is 1. The standard InChI is InChI=1S/C13H19N3O2S/c1-3-10(8-12(14)16-18)15-13(17)9-4-6-11(19-2)7-5-9/h4-7,10,18H,3,8H2,1-2H3,(H2,14,16)(H,15,17). The predicted molar refractivity (Wildman–Crippen MR) is 77.8 cm³/mol. The summed E-state index contributed by atoms with van der Waals surface area (Å²) in [7, 11) is 0. The van der Waals surface area contributed by atoms with Crippen LogP contribution in [0, 0.1) is 0 Å². The molecule has 0 bridgehead atoms. The van der Waals surface area contributed by atoms with Crippen LogP contribution in [0.25, 0.3) is 0 Å². The predicted octanol–water partition coefficient (Wildman–Crippen LogP) is 2.05. The third-order valence-electron chi connectivity index (χ3n) is 2.76. The first-order chi connectivity index (χ1) is 9.10. The molecule has 1 aromatic rings. The van der Waals surface area contributed by atoms with E-state index >= 15 is 0 Å². The maximum atomic E-state index is 12.0. The maximum Gasteiger partial charge on any atom is 0.251 e. The Morgan fingerprint density at radius 2 is 2.11 bits per heavy atom. The molecule has 1 atom stereocenters. The van der Waals surface area contributed by atoms with Crippen molar-refractivity contribution in [1.29, 1.82) is 0 Å². The van der Waals surface area contributed by atoms with Crippen LogP contribution in [0.1, 0.15) is 30.1 Å². The zero-order valence-corrected chi connectivity index (χ0v) is 11.9. The van der Waals surface area contributed by atoms with Crippen molar-refractivity contribution in [1.82, 2.24) is 5.32 Å². The summed E-state index contributed by atoms with van der Waals surface area (Å²) in [4.78, 5) is 13.1. The number of carbonyl (C=O) groups excluding carboxylic acids is 1. The van der Waals surface area contributed by atoms with Crippen LogP contribution in [0.3, 0.4) is 0 Å². The van der Waals surface area contributed by atoms with Gasteiger partial charge in [-0.25, -0.2) is 0 Å². The van der Waals surface area contributed by atoms with E-state index in [-0.39, 0.29) is 17.8 Å². The maximum absolute atomic E-state index is 12.0. The van der Waals surface area contributed by atoms with E-state index in [1.807, 2.05) is 25.3 Å². The minimum absolute atomic E-state index is 0.116. The monoisotopic (exact) mass is 281 g/mol. The summed E-state index contributed by atoms with van der Waals surface area (Å²) in [6.07, 6.45) is 3.03. The Labute approximate surface area is 117 Å². The van der Waals surface area contributed by atoms with Crippen LogP contribution in [-0.4, -0.2) is 29.2 Å². The molecule has 4 N–H and O–H groups in total. The Morgan fingerprint density at radius 3 is 2.58 bits per heavy atom. The minimum Gasteiger partial charge on any atom is -0.409 e. The molecular weight excluding hydrogens is 262 g/mol. The average Bonchev–Trinajstić information content (AvgIpc) is 2.46. The van der Waals surface area contributed by atoms with Crippen LogP contribution in [0.5, 0.6) is 0 Å². The Hall–Kier alpha value is -1.69. The van der Waals surface area contributed by atoms with Crippen molar-refractivity contribution in [2.45, 2.75) is 30.7 Å². The van der Waals surface area contributed by atoms with Crippen molar-refractivity contribution in [3.05, 3.63) is 29.8 Å². The molecule has 0 spiro atoms. The molecule has 0 aliphatic heterocycles. The van der Waals surface area contributed by atoms with E-state index in [1.54, 1.807) is 23.9 Å². The molecule has 19 heavy (non-hydrogen) atoms. The molecule has 0 saturated carbocycles. The van der Waals surface area contributed by atoms with E-state index in [9.17, 15) is 4.79 Å². The number of hydrogen-bond donors (Lipinski definition) is 3. The number of oxime groups is 1. The first-order valence-electron chi connectivity index (χ1n) is 6.02. The van der Waals surface area contributed by atoms with Crippen molar-refractivity contribution >= 4 is 23.5 Å². The highest BCUT2D eigenvalue weighted by molar-refractivity contribution is 7.98. The summed E-state index contributed by atoms with van der Waals surface area (Å²) >= 11 is 1.63. The van der Waals surface area contributed by atoms with E-state index < -0.39 is 0 Å². The second-order valence-electron chi connectivity index (χ2n) is 4.10. The van der Waals surface area contributed by atoms with Crippen molar-refractivity contribution < 1.29 is 10.0 Å². The molecule has 1 aromatic carbocycles. The van der Waals surface area contributed by atoms with Crippen LogP contribution >= 0.6 is 11.8 Å². The molecule has 1 unspecified atom stereocenters. The van der Waals surface area contributed by atoms with Crippen LogP contribution in [0.15, 0.2) is 34.3 Å². The van der Waals surface area contributed by atoms with Gasteiger partial charge in [0.15, 0.2) is 0 Å². The number of benzene rings is 1. The summed E-state index contributed by atoms with van der Waals surface area (Å²) in [5.41, 5.74) is 6.05. The Morgan fingerprint density at radius 1 is 1.47 bits per heavy atom. The largest absolute Gasteiger partial charge is 0.409 e. The topological polar surface area (TPSA) is 87.7 Å². The van der Waals surface area contributed by atoms with Gasteiger partial charge in [-0.3, -0.25) is 4.79 Å². The molecule has 104 valence electrons. The number of amidine groups is 1. The fourth-order valence-corrected chi connectivity index (χ4v) is 2.01. The number of thioether (sulfide) groups is 1. The van der Waals surface area contributed by atoms with Crippen LogP contribution in [0.4, 0.5) is 0 Å². The van der Waals surface area contributed by atoms with E-state index in [0.717, 1.165) is 4.90 Å². The molecule has 0 radical (unpaired) electrons. The SMILES string of the molecule is CCC(CC(N)=NO)NC(=O)c1ccc(SC)cc1. The van der Waals surface area contributed by atoms with E-state index in [1.165, 1.54) is 0 Å². The van der Waals surface area contributed by atoms with Gasteiger partial charge in [0.1, 0.15) is 5.84 Å². The van der Waals surface area contributed by atoms with E-state index in [0.29, 0.717) is 18.4 Å². The molecule has 1 amide bonds. The first kappa shape index (κ1) is 15.4. The second kappa shape index (κ2) is 7.68. The highest BCUT2D eigenvalue weighted by atomic mass is 32.2. The van der Waals surface area contributed by atoms with Crippen molar-refractivity contribution in [2.24, 2.45) is 10.9 Å². The smallest absolute Gasteiger partial charge is 0.251 e. The van der Waals surface area contributed by atoms with Gasteiger partial charge in [-0.05, 0) is 36.9 Å². The summed E-state index contributed by atoms with van der Waals surface area (Å²) in [5.74, 6) is -0.0323. The summed E-state index contributed by atoms with van der Waals surface area (Å²) < 4.78 is 0. The number of nitrogens with one attached hydrogen (secondary N) is 1. The first-order valence-corrected chi connectivity index (χ1v) is 7.24. The summed E-state index contributed by atoms with van der Waals surface area (Å²) in [6, 6.07) is 7.26. The highest BCUT2D eigenvalue weighted by Crippen LogP contribution is 2.15. The quantitative estimate of drug-likeness (QED) is 0.245. The van der Waals surface area contributed by atoms with Crippen molar-refractivity contribution in [3.8, 4) is 0 Å². The van der Waals surface area contributed by atoms with Gasteiger partial charge in [0.25, 0.3) is 5.91 Å². The third kappa shape index (κ3) is 4.82. The lowest BCUT2D eigenvalue weighted by atomic mass is 10.1. The molecule has 5 nitrogen and oxygen atoms in total. The zero-order chi connectivity index (χ0) is 14.3. The van der Waals surface area contributed by atoms with Crippen molar-refractivity contribution in [2.75, 3.05) is 6.26 Å². The zero-order valence-electron chi connectivity index (χ0n) is 11.1. The van der Waals surface area contributed by atoms with Gasteiger partial charge < -0.3 is 16.3 Å². The fraction of sp³-hybridized carbons (Fsp3) is 0.385. The number of carbonyl (C=O) groups is 1. The number of nitrogens with zero attached hydrogens (tertiary/aromatic N) is 1. The van der Waals surface area contributed by atoms with E-state index in [2.05, 4.69) is 10.5 Å². The van der Waals surface area contributed by atoms with Gasteiger partial charge >= 0.3 is 0 Å². The molecule has 0 aliphatic rings. The summed E-state index contributed by atoms with van der Waals surface area (Å²) in [5, 5.41) is 14.3. The number of rotatable bonds is 6. The molecule has 0 heterocycles. The van der Waals surface area contributed by atoms with E-state index in [4.69, 9.17) is 10.9 Å². The Balaban J connectivity index is 2.65. The molecular formula is C13H19N3O2S. The van der Waals surface area contributed by atoms with Gasteiger partial charge in [-0.2, -0.15) is 0 Å². The normalized spacial score (nSPS) is 13.1. The van der Waals surface area contributed by atoms with Gasteiger partial charge in [0.05, 0.1) is 0 Å². The number of amides is 1. The average molecular weight is 281 g/mol. The van der Waals surface area contributed by atoms with Crippen molar-refractivity contribution in [3.63, 3.8) is 0 Å². The van der Waals surface area contributed by atoms with Gasteiger partial charge in [-0.15, -0.1) is 11.8 Å². The molecule has 6 heteroatoms. The highest BCUT2D eigenvalue weighted by Gasteiger charge is 2.13. The molecule has 0 aliphatic carbocycles. The summed E-state index contributed by atoms with van der Waals surface area (Å²) in [6.45, 7) is 1.94. The Kier molecular flexibility index (Phi) is 6.21. The molecule has 0 saturated heterocycles. The van der Waals surface area contributed by atoms with Crippen LogP contribution < -0.4 is 11.1 Å².